The molecule has 1 aliphatic rings. The molecule has 16 nitrogen and oxygen atoms in total. The van der Waals surface area contributed by atoms with Crippen LogP contribution in [0.25, 0.3) is 10.9 Å². The first-order valence-electron chi connectivity index (χ1n) is 11.1. The highest BCUT2D eigenvalue weighted by molar-refractivity contribution is 9.10. The highest BCUT2D eigenvalue weighted by Crippen LogP contribution is 2.47. The molecule has 2 aromatic carbocycles. The van der Waals surface area contributed by atoms with E-state index in [0.29, 0.717) is 4.47 Å². The number of benzene rings is 2. The third kappa shape index (κ3) is 5.52. The molecule has 218 valence electrons. The zero-order valence-corrected chi connectivity index (χ0v) is 21.9. The van der Waals surface area contributed by atoms with Gasteiger partial charge in [-0.15, -0.1) is 4.90 Å². The van der Waals surface area contributed by atoms with Gasteiger partial charge >= 0.3 is 12.1 Å². The number of nitrogens with one attached hydrogen (secondary N) is 1. The molecule has 1 saturated heterocycles. The Bertz CT molecular complexity index is 1420. The second-order valence-corrected chi connectivity index (χ2v) is 9.99. The van der Waals surface area contributed by atoms with E-state index >= 15 is 0 Å². The second kappa shape index (κ2) is 9.91. The van der Waals surface area contributed by atoms with Crippen LogP contribution in [0.5, 0.6) is 11.5 Å². The molecule has 1 aliphatic heterocycles. The van der Waals surface area contributed by atoms with Crippen molar-refractivity contribution >= 4 is 38.3 Å². The standard InChI is InChI=1S/C22H24BrFN4O12/c1-39-15-5-11-14(25-9-26-17(11)27-13-3-2-10(23)4-12(13)24)6-16(15)40-21(34,35)18(29)7-19(30,31)28(22(36,37)38)20(32,33)8-18/h2-6,9,29-38H,7-8H2,1H3,(H,25,26,27). The fourth-order valence-corrected chi connectivity index (χ4v) is 4.71. The molecule has 0 saturated carbocycles. The number of fused-ring (bicyclic) bond motifs is 1. The van der Waals surface area contributed by atoms with Crippen molar-refractivity contribution in [1.82, 2.24) is 14.9 Å². The topological polar surface area (TPSA) is 262 Å². The summed E-state index contributed by atoms with van der Waals surface area (Å²) in [7, 11) is 1.16. The molecule has 0 radical (unpaired) electrons. The zero-order chi connectivity index (χ0) is 29.9. The Hall–Kier alpha value is -2.85. The van der Waals surface area contributed by atoms with E-state index in [0.717, 1.165) is 19.5 Å². The van der Waals surface area contributed by atoms with E-state index in [1.165, 1.54) is 18.2 Å². The van der Waals surface area contributed by atoms with Crippen LogP contribution in [0.4, 0.5) is 15.9 Å². The van der Waals surface area contributed by atoms with Crippen LogP contribution in [0, 0.1) is 5.82 Å². The Balaban J connectivity index is 1.71. The van der Waals surface area contributed by atoms with Crippen LogP contribution in [0.2, 0.25) is 0 Å². The van der Waals surface area contributed by atoms with Crippen molar-refractivity contribution in [2.45, 2.75) is 42.3 Å². The fraction of sp³-hybridized carbons (Fsp3) is 0.364. The van der Waals surface area contributed by atoms with Crippen LogP contribution in [0.15, 0.2) is 41.1 Å². The summed E-state index contributed by atoms with van der Waals surface area (Å²) in [5.74, 6) is -12.8. The number of piperidine rings is 1. The Morgan fingerprint density at radius 1 is 0.950 bits per heavy atom. The Labute approximate surface area is 231 Å². The summed E-state index contributed by atoms with van der Waals surface area (Å²) in [6.07, 6.45) is -6.47. The summed E-state index contributed by atoms with van der Waals surface area (Å²) in [6, 6.07) is 6.60. The fourth-order valence-electron chi connectivity index (χ4n) is 4.37. The summed E-state index contributed by atoms with van der Waals surface area (Å²) in [4.78, 5) is 7.29. The number of aliphatic hydroxyl groups is 10. The number of aromatic nitrogens is 2. The van der Waals surface area contributed by atoms with Gasteiger partial charge in [-0.2, -0.15) is 0 Å². The van der Waals surface area contributed by atoms with Crippen LogP contribution in [-0.2, 0) is 0 Å². The first-order valence-corrected chi connectivity index (χ1v) is 11.9. The minimum Gasteiger partial charge on any atom is -0.493 e. The van der Waals surface area contributed by atoms with Crippen molar-refractivity contribution in [3.8, 4) is 11.5 Å². The van der Waals surface area contributed by atoms with E-state index in [2.05, 4.69) is 31.2 Å². The maximum absolute atomic E-state index is 14.4. The van der Waals surface area contributed by atoms with Gasteiger partial charge in [0.2, 0.25) is 11.8 Å². The van der Waals surface area contributed by atoms with Crippen molar-refractivity contribution in [3.63, 3.8) is 0 Å². The number of rotatable bonds is 7. The number of hydrogen-bond acceptors (Lipinski definition) is 16. The van der Waals surface area contributed by atoms with Crippen molar-refractivity contribution in [2.24, 2.45) is 0 Å². The van der Waals surface area contributed by atoms with Gasteiger partial charge < -0.3 is 65.9 Å². The molecule has 4 rings (SSSR count). The molecule has 3 aromatic rings. The lowest BCUT2D eigenvalue weighted by Crippen LogP contribution is -2.79. The summed E-state index contributed by atoms with van der Waals surface area (Å²) in [6.45, 7) is 0. The van der Waals surface area contributed by atoms with Gasteiger partial charge in [0.05, 0.1) is 31.2 Å². The van der Waals surface area contributed by atoms with E-state index in [1.54, 1.807) is 6.07 Å². The molecular formula is C22H24BrFN4O12. The number of likely N-dealkylation sites (tertiary alicyclic amines) is 1. The van der Waals surface area contributed by atoms with Gasteiger partial charge in [0.25, 0.3) is 0 Å². The monoisotopic (exact) mass is 634 g/mol. The molecule has 11 N–H and O–H groups in total. The van der Waals surface area contributed by atoms with Gasteiger partial charge in [-0.25, -0.2) is 14.4 Å². The van der Waals surface area contributed by atoms with Gasteiger partial charge in [-0.05, 0) is 24.3 Å². The zero-order valence-electron chi connectivity index (χ0n) is 20.3. The normalized spacial score (nSPS) is 18.9. The highest BCUT2D eigenvalue weighted by atomic mass is 79.9. The summed E-state index contributed by atoms with van der Waals surface area (Å²) in [5.41, 5.74) is -3.23. The predicted octanol–water partition coefficient (Wildman–Crippen LogP) is -2.01. The van der Waals surface area contributed by atoms with Crippen molar-refractivity contribution in [2.75, 3.05) is 12.4 Å². The molecule has 2 heterocycles. The minimum atomic E-state index is -4.24. The van der Waals surface area contributed by atoms with Crippen LogP contribution >= 0.6 is 15.9 Å². The van der Waals surface area contributed by atoms with Crippen molar-refractivity contribution in [3.05, 3.63) is 46.9 Å². The van der Waals surface area contributed by atoms with E-state index in [1.807, 2.05) is 0 Å². The highest BCUT2D eigenvalue weighted by Gasteiger charge is 2.70. The average Bonchev–Trinajstić information content (AvgIpc) is 2.77. The second-order valence-electron chi connectivity index (χ2n) is 9.07. The summed E-state index contributed by atoms with van der Waals surface area (Å²) < 4.78 is 25.2. The maximum Gasteiger partial charge on any atom is 0.354 e. The lowest BCUT2D eigenvalue weighted by molar-refractivity contribution is -0.558. The van der Waals surface area contributed by atoms with Crippen LogP contribution in [0.1, 0.15) is 12.8 Å². The molecule has 0 amide bonds. The van der Waals surface area contributed by atoms with Gasteiger partial charge in [-0.1, -0.05) is 15.9 Å². The minimum absolute atomic E-state index is 0.0615. The SMILES string of the molecule is COc1cc2c(Nc3ccc(Br)cc3F)ncnc2cc1OC(O)(O)C1(O)CC(O)(O)N(C(O)(O)O)C(O)(O)C1. The van der Waals surface area contributed by atoms with E-state index in [9.17, 15) is 55.5 Å². The smallest absolute Gasteiger partial charge is 0.354 e. The van der Waals surface area contributed by atoms with Crippen LogP contribution < -0.4 is 14.8 Å². The Morgan fingerprint density at radius 2 is 1.57 bits per heavy atom. The molecular weight excluding hydrogens is 611 g/mol. The molecule has 1 fully saturated rings. The third-order valence-corrected chi connectivity index (χ3v) is 6.53. The first kappa shape index (κ1) is 30.1. The van der Waals surface area contributed by atoms with Crippen molar-refractivity contribution in [1.29, 1.82) is 0 Å². The third-order valence-electron chi connectivity index (χ3n) is 6.04. The maximum atomic E-state index is 14.4. The van der Waals surface area contributed by atoms with Gasteiger partial charge in [0, 0.05) is 15.9 Å². The summed E-state index contributed by atoms with van der Waals surface area (Å²) in [5, 5.41) is 104. The molecule has 0 spiro atoms. The molecule has 0 bridgehead atoms. The number of nitrogens with zero attached hydrogens (tertiary/aromatic N) is 3. The molecule has 0 atom stereocenters. The lowest BCUT2D eigenvalue weighted by Gasteiger charge is -2.55. The molecule has 18 heteroatoms. The van der Waals surface area contributed by atoms with Gasteiger partial charge in [0.1, 0.15) is 18.0 Å². The van der Waals surface area contributed by atoms with E-state index in [4.69, 9.17) is 9.47 Å². The largest absolute Gasteiger partial charge is 0.493 e. The quantitative estimate of drug-likeness (QED) is 0.125. The number of methoxy groups -OCH3 is 1. The van der Waals surface area contributed by atoms with Gasteiger partial charge in [-0.3, -0.25) is 0 Å². The van der Waals surface area contributed by atoms with E-state index in [-0.39, 0.29) is 28.2 Å². The number of ether oxygens (including phenoxy) is 2. The number of halogens is 2. The first-order chi connectivity index (χ1) is 18.3. The molecule has 0 aliphatic carbocycles. The molecule has 1 aromatic heterocycles. The number of hydrogen-bond donors (Lipinski definition) is 11. The molecule has 0 unspecified atom stereocenters. The Kier molecular flexibility index (Phi) is 7.46. The summed E-state index contributed by atoms with van der Waals surface area (Å²) >= 11 is 3.15. The molecule has 40 heavy (non-hydrogen) atoms. The van der Waals surface area contributed by atoms with Crippen LogP contribution in [-0.4, -0.2) is 103 Å². The predicted molar refractivity (Wildman–Crippen MR) is 131 cm³/mol. The number of anilines is 2. The van der Waals surface area contributed by atoms with Gasteiger partial charge in [0.15, 0.2) is 17.1 Å². The lowest BCUT2D eigenvalue weighted by atomic mass is 9.83. The van der Waals surface area contributed by atoms with Crippen LogP contribution in [0.3, 0.4) is 0 Å². The van der Waals surface area contributed by atoms with E-state index < -0.39 is 58.8 Å². The van der Waals surface area contributed by atoms with Crippen molar-refractivity contribution < 1.29 is 64.9 Å². The Morgan fingerprint density at radius 3 is 2.12 bits per heavy atom. The average molecular weight is 635 g/mol.